The van der Waals surface area contributed by atoms with E-state index in [-0.39, 0.29) is 0 Å². The summed E-state index contributed by atoms with van der Waals surface area (Å²) in [4.78, 5) is 14.5. The van der Waals surface area contributed by atoms with E-state index in [1.165, 1.54) is 196 Å². The summed E-state index contributed by atoms with van der Waals surface area (Å²) in [5.41, 5.74) is 11.1. The number of fused-ring (bicyclic) bond motifs is 3. The zero-order valence-electron chi connectivity index (χ0n) is 66.9. The normalized spacial score (nSPS) is 22.6. The average molecular weight is 1350 g/mol. The van der Waals surface area contributed by atoms with E-state index in [2.05, 4.69) is 304 Å². The molecule has 0 spiro atoms. The summed E-state index contributed by atoms with van der Waals surface area (Å²) in [6.07, 6.45) is 31.8. The van der Waals surface area contributed by atoms with Crippen LogP contribution in [0.3, 0.4) is 0 Å². The molecule has 4 aromatic heterocycles. The van der Waals surface area contributed by atoms with E-state index in [9.17, 15) is 0 Å². The first kappa shape index (κ1) is 86.5. The van der Waals surface area contributed by atoms with Gasteiger partial charge in [-0.25, -0.2) is 0 Å². The number of aryl methyl sites for hydroxylation is 8. The molecule has 0 N–H and O–H groups in total. The third-order valence-electron chi connectivity index (χ3n) is 21.0. The van der Waals surface area contributed by atoms with Crippen molar-refractivity contribution in [1.82, 2.24) is 47.7 Å². The van der Waals surface area contributed by atoms with Crippen LogP contribution in [0.1, 0.15) is 200 Å². The summed E-state index contributed by atoms with van der Waals surface area (Å²) >= 11 is 0. The Bertz CT molecular complexity index is 2990. The van der Waals surface area contributed by atoms with Crippen LogP contribution in [-0.2, 0) is 54.0 Å². The Balaban J connectivity index is 0.000000279. The molecule has 14 rings (SSSR count). The number of likely N-dealkylation sites (tertiary alicyclic amines) is 4. The molecule has 548 valence electrons. The third-order valence-corrected chi connectivity index (χ3v) is 22.7. The molecule has 7 aromatic rings. The Morgan fingerprint density at radius 1 is 0.454 bits per heavy atom. The highest BCUT2D eigenvalue weighted by molar-refractivity contribution is 8.14. The van der Waals surface area contributed by atoms with Crippen LogP contribution < -0.4 is 0 Å². The standard InChI is InChI=1S/C11H15N.C11H13N.C10H11N.3C7H15N.C7H11N.C6H13NS.C6H9N.C6H13N.C6H12.C2H6/c1-9-7-10-5-3-4-6-11(10)8-12(9)2;1-3-10-8-9-6-4-5-7-11(9)12(10)2;1-8-7-11(2)10-6-4-3-5-9(8)10;1-7-4-3-5-8(2)6-7;2*1-7-5-3-4-6-8(7)2;1-3-7-5-4-6-8(7)2;1-6-4-8(3)5-7(6)2;1-6-3-4-7(2)5-6;1-6-4-3-5-7(6)2;1-6-4-2-3-5-6;1-2/h3-6,9H,7-8H2,1-2H3;4-8H,3H2,1-2H3;3-7H,1-2H3;3*7H,3-6H2,1-2H3;4-6H,3H2,1-2H3;6H,3-5H2,1-2H3;3-5H,1-2H3;6H,3-5H2,1-2H3;6H,2-5H2,1H3;1-2H3. The Labute approximate surface area is 600 Å². The lowest BCUT2D eigenvalue weighted by atomic mass is 9.96. The molecule has 5 saturated heterocycles. The Morgan fingerprint density at radius 3 is 1.34 bits per heavy atom. The van der Waals surface area contributed by atoms with Gasteiger partial charge in [0.25, 0.3) is 0 Å². The molecule has 11 heteroatoms. The van der Waals surface area contributed by atoms with Gasteiger partial charge in [-0.3, -0.25) is 9.80 Å². The van der Waals surface area contributed by atoms with Gasteiger partial charge >= 0.3 is 0 Å². The van der Waals surface area contributed by atoms with Crippen molar-refractivity contribution >= 4 is 38.2 Å². The van der Waals surface area contributed by atoms with E-state index in [1.54, 1.807) is 0 Å². The van der Waals surface area contributed by atoms with Crippen LogP contribution in [0.25, 0.3) is 21.8 Å². The number of hydrogen-bond acceptors (Lipinski definition) is 6. The molecule has 3 aromatic carbocycles. The lowest BCUT2D eigenvalue weighted by molar-refractivity contribution is 0.200. The van der Waals surface area contributed by atoms with Crippen LogP contribution in [-0.4, -0.2) is 170 Å². The first-order valence-electron chi connectivity index (χ1n) is 38.3. The quantitative estimate of drug-likeness (QED) is 0.161. The van der Waals surface area contributed by atoms with Crippen molar-refractivity contribution in [3.05, 3.63) is 155 Å². The highest BCUT2D eigenvalue weighted by Gasteiger charge is 2.20. The first-order valence-corrected chi connectivity index (χ1v) is 40.0. The van der Waals surface area contributed by atoms with E-state index in [1.807, 2.05) is 31.7 Å². The van der Waals surface area contributed by atoms with Crippen LogP contribution in [0, 0.1) is 25.7 Å². The third kappa shape index (κ3) is 33.1. The van der Waals surface area contributed by atoms with Crippen molar-refractivity contribution < 1.29 is 0 Å². The number of hydrogen-bond donors (Lipinski definition) is 0. The second kappa shape index (κ2) is 48.2. The Hall–Kier alpha value is -4.72. The SMILES string of the molecule is C=S1CC(C)N(C)C1.CC.CC1CCCC1.CC1CCCCN1C.CC1CCCCN1C.CC1CCCN(C)C1.CC1CCCN1C.CC1Cc2ccccc2CN1C.CCc1cc2ccccc2n1C.CCc1cccn1C.Cc1ccn(C)c1.Cc1cn(C)c2ccccc12. The molecule has 0 bridgehead atoms. The maximum Gasteiger partial charge on any atom is 0.0480 e. The number of nitrogens with zero attached hydrogens (tertiary/aromatic N) is 10. The van der Waals surface area contributed by atoms with Gasteiger partial charge in [0.1, 0.15) is 0 Å². The van der Waals surface area contributed by atoms with Crippen molar-refractivity contribution in [3.63, 3.8) is 0 Å². The number of benzene rings is 3. The molecule has 7 atom stereocenters. The van der Waals surface area contributed by atoms with Crippen LogP contribution in [0.15, 0.2) is 122 Å². The van der Waals surface area contributed by atoms with Crippen molar-refractivity contribution in [2.75, 3.05) is 86.6 Å². The van der Waals surface area contributed by atoms with Crippen LogP contribution in [0.4, 0.5) is 0 Å². The van der Waals surface area contributed by atoms with Gasteiger partial charge < -0.3 is 37.9 Å². The van der Waals surface area contributed by atoms with Crippen LogP contribution in [0.2, 0.25) is 0 Å². The van der Waals surface area contributed by atoms with E-state index >= 15 is 0 Å². The van der Waals surface area contributed by atoms with Gasteiger partial charge in [0, 0.05) is 136 Å². The largest absolute Gasteiger partial charge is 0.357 e. The van der Waals surface area contributed by atoms with E-state index in [0.717, 1.165) is 55.4 Å². The second-order valence-corrected chi connectivity index (χ2v) is 31.5. The van der Waals surface area contributed by atoms with Crippen LogP contribution in [0.5, 0.6) is 0 Å². The van der Waals surface area contributed by atoms with Crippen LogP contribution >= 0.6 is 10.5 Å². The number of likely N-dealkylation sites (N-methyl/N-ethyl adjacent to an activating group) is 1. The van der Waals surface area contributed by atoms with Crippen molar-refractivity contribution in [3.8, 4) is 0 Å². The van der Waals surface area contributed by atoms with Gasteiger partial charge in [0.05, 0.1) is 0 Å². The summed E-state index contributed by atoms with van der Waals surface area (Å²) in [7, 11) is 21.9. The monoisotopic (exact) mass is 1350 g/mol. The molecule has 10 heterocycles. The molecule has 7 aliphatic rings. The van der Waals surface area contributed by atoms with Crippen molar-refractivity contribution in [1.29, 1.82) is 0 Å². The van der Waals surface area contributed by atoms with E-state index in [0.29, 0.717) is 16.5 Å². The van der Waals surface area contributed by atoms with Gasteiger partial charge in [-0.2, -0.15) is 10.5 Å². The maximum atomic E-state index is 4.02. The molecule has 0 amide bonds. The van der Waals surface area contributed by atoms with Crippen molar-refractivity contribution in [2.24, 2.45) is 40.0 Å². The second-order valence-electron chi connectivity index (χ2n) is 29.6. The fourth-order valence-electron chi connectivity index (χ4n) is 13.6. The molecule has 6 aliphatic heterocycles. The lowest BCUT2D eigenvalue weighted by Gasteiger charge is -2.31. The molecule has 97 heavy (non-hydrogen) atoms. The fraction of sp³-hybridized carbons (Fsp3) is 0.640. The minimum atomic E-state index is 0.443. The first-order chi connectivity index (χ1) is 46.3. The van der Waals surface area contributed by atoms with E-state index < -0.39 is 0 Å². The zero-order valence-corrected chi connectivity index (χ0v) is 67.7. The average Bonchev–Trinajstić information content (AvgIpc) is 1.72. The van der Waals surface area contributed by atoms with Crippen molar-refractivity contribution in [2.45, 2.75) is 236 Å². The Morgan fingerprint density at radius 2 is 0.969 bits per heavy atom. The molecule has 6 fully saturated rings. The summed E-state index contributed by atoms with van der Waals surface area (Å²) in [5.74, 6) is 8.52. The molecule has 1 aliphatic carbocycles. The molecule has 10 nitrogen and oxygen atoms in total. The van der Waals surface area contributed by atoms with Gasteiger partial charge in [0.15, 0.2) is 0 Å². The van der Waals surface area contributed by atoms with Gasteiger partial charge in [0.2, 0.25) is 0 Å². The predicted octanol–water partition coefficient (Wildman–Crippen LogP) is 19.8. The van der Waals surface area contributed by atoms with Gasteiger partial charge in [-0.15, -0.1) is 0 Å². The predicted molar refractivity (Wildman–Crippen MR) is 436 cm³/mol. The highest BCUT2D eigenvalue weighted by atomic mass is 32.2. The molecular weight excluding hydrogens is 1210 g/mol. The molecule has 0 radical (unpaired) electrons. The summed E-state index contributed by atoms with van der Waals surface area (Å²) in [6, 6.07) is 38.2. The maximum absolute atomic E-state index is 4.02. The molecule has 7 unspecified atom stereocenters. The smallest absolute Gasteiger partial charge is 0.0480 e. The zero-order chi connectivity index (χ0) is 72.0. The number of para-hydroxylation sites is 2. The fourth-order valence-corrected chi connectivity index (χ4v) is 15.5. The van der Waals surface area contributed by atoms with Gasteiger partial charge in [-0.05, 0) is 263 Å². The number of aromatic nitrogens is 4. The summed E-state index contributed by atoms with van der Waals surface area (Å²) < 4.78 is 8.59. The summed E-state index contributed by atoms with van der Waals surface area (Å²) in [6.45, 7) is 36.3. The van der Waals surface area contributed by atoms with Gasteiger partial charge in [-0.1, -0.05) is 147 Å². The molecular formula is C86H148N10S. The Kier molecular flexibility index (Phi) is 43.0. The molecule has 1 saturated carbocycles. The topological polar surface area (TPSA) is 39.2 Å². The highest BCUT2D eigenvalue weighted by Crippen LogP contribution is 2.25. The minimum absolute atomic E-state index is 0.443. The number of piperidine rings is 3. The summed E-state index contributed by atoms with van der Waals surface area (Å²) in [5, 5.41) is 2.70. The van der Waals surface area contributed by atoms with E-state index in [4.69, 9.17) is 0 Å². The lowest BCUT2D eigenvalue weighted by Crippen LogP contribution is -2.34. The minimum Gasteiger partial charge on any atom is -0.357 e. The number of rotatable bonds is 2.